The summed E-state index contributed by atoms with van der Waals surface area (Å²) in [5.74, 6) is 2.91. The first kappa shape index (κ1) is 17.9. The molecule has 0 aromatic rings. The molecule has 26 heavy (non-hydrogen) atoms. The third kappa shape index (κ3) is 2.17. The molecule has 1 N–H and O–H groups in total. The molecular weight excluding hydrogens is 324 g/mol. The van der Waals surface area contributed by atoms with Crippen molar-refractivity contribution in [2.45, 2.75) is 96.4 Å². The summed E-state index contributed by atoms with van der Waals surface area (Å²) in [4.78, 5) is 0. The standard InChI is InChI=1S/C23H38O3/c1-4-22(24)12-11-20(2)16(15-22)5-6-17-18(20)7-9-21(3)19(17)8-10-23(21)25-13-14-26-23/h16-19,24H,4-15H2,1-3H3/t16-,17+,18+,19+,20-,21-,22+/m0/s1. The van der Waals surface area contributed by atoms with E-state index in [2.05, 4.69) is 20.8 Å². The lowest BCUT2D eigenvalue weighted by Crippen LogP contribution is -2.58. The van der Waals surface area contributed by atoms with Gasteiger partial charge in [0, 0.05) is 11.8 Å². The fourth-order valence-corrected chi connectivity index (χ4v) is 8.53. The van der Waals surface area contributed by atoms with Crippen molar-refractivity contribution >= 4 is 0 Å². The van der Waals surface area contributed by atoms with Gasteiger partial charge in [0.15, 0.2) is 5.79 Å². The van der Waals surface area contributed by atoms with E-state index in [-0.39, 0.29) is 16.8 Å². The van der Waals surface area contributed by atoms with Gasteiger partial charge in [0.25, 0.3) is 0 Å². The number of hydrogen-bond donors (Lipinski definition) is 1. The topological polar surface area (TPSA) is 38.7 Å². The maximum atomic E-state index is 10.9. The highest BCUT2D eigenvalue weighted by Gasteiger charge is 2.67. The Kier molecular flexibility index (Phi) is 3.94. The number of hydrogen-bond acceptors (Lipinski definition) is 3. The molecule has 5 aliphatic rings. The van der Waals surface area contributed by atoms with Crippen LogP contribution in [0.15, 0.2) is 0 Å². The predicted molar refractivity (Wildman–Crippen MR) is 102 cm³/mol. The fourth-order valence-electron chi connectivity index (χ4n) is 8.53. The molecule has 4 aliphatic carbocycles. The van der Waals surface area contributed by atoms with Crippen molar-refractivity contribution in [2.24, 2.45) is 34.5 Å². The monoisotopic (exact) mass is 362 g/mol. The first-order valence-corrected chi connectivity index (χ1v) is 11.4. The largest absolute Gasteiger partial charge is 0.390 e. The molecule has 1 spiro atoms. The Morgan fingerprint density at radius 1 is 0.885 bits per heavy atom. The van der Waals surface area contributed by atoms with Gasteiger partial charge in [-0.3, -0.25) is 0 Å². The Balaban J connectivity index is 1.42. The summed E-state index contributed by atoms with van der Waals surface area (Å²) in [6.07, 6.45) is 11.9. The second-order valence-electron chi connectivity index (χ2n) is 10.9. The molecule has 0 aromatic heterocycles. The molecule has 148 valence electrons. The molecule has 4 saturated carbocycles. The molecule has 3 heteroatoms. The van der Waals surface area contributed by atoms with Gasteiger partial charge in [-0.2, -0.15) is 0 Å². The van der Waals surface area contributed by atoms with Crippen LogP contribution in [0.4, 0.5) is 0 Å². The van der Waals surface area contributed by atoms with Crippen molar-refractivity contribution in [3.05, 3.63) is 0 Å². The molecule has 0 amide bonds. The van der Waals surface area contributed by atoms with Crippen molar-refractivity contribution in [3.63, 3.8) is 0 Å². The summed E-state index contributed by atoms with van der Waals surface area (Å²) < 4.78 is 12.5. The number of rotatable bonds is 1. The SMILES string of the molecule is CC[C@@]1(O)CC[C@@]2(C)[C@@H](CC[C@@H]3[C@H]2CC[C@@]2(C)[C@@H]3CCC23OCCO3)C1. The zero-order chi connectivity index (χ0) is 18.2. The van der Waals surface area contributed by atoms with Crippen LogP contribution in [0.3, 0.4) is 0 Å². The first-order chi connectivity index (χ1) is 12.4. The van der Waals surface area contributed by atoms with Crippen molar-refractivity contribution in [3.8, 4) is 0 Å². The minimum absolute atomic E-state index is 0.215. The summed E-state index contributed by atoms with van der Waals surface area (Å²) in [7, 11) is 0. The minimum Gasteiger partial charge on any atom is -0.390 e. The van der Waals surface area contributed by atoms with E-state index in [9.17, 15) is 5.11 Å². The van der Waals surface area contributed by atoms with Crippen LogP contribution in [0.1, 0.15) is 85.0 Å². The van der Waals surface area contributed by atoms with E-state index < -0.39 is 0 Å². The molecule has 7 atom stereocenters. The predicted octanol–water partition coefficient (Wildman–Crippen LogP) is 4.91. The van der Waals surface area contributed by atoms with Crippen LogP contribution in [-0.4, -0.2) is 29.7 Å². The molecule has 5 fully saturated rings. The third-order valence-corrected chi connectivity index (χ3v) is 10.3. The quantitative estimate of drug-likeness (QED) is 0.720. The fraction of sp³-hybridized carbons (Fsp3) is 1.00. The van der Waals surface area contributed by atoms with E-state index in [4.69, 9.17) is 9.47 Å². The van der Waals surface area contributed by atoms with Gasteiger partial charge in [0.1, 0.15) is 0 Å². The smallest absolute Gasteiger partial charge is 0.174 e. The maximum absolute atomic E-state index is 10.9. The Bertz CT molecular complexity index is 570. The second-order valence-corrected chi connectivity index (χ2v) is 10.9. The van der Waals surface area contributed by atoms with Gasteiger partial charge in [-0.05, 0) is 86.9 Å². The molecule has 5 rings (SSSR count). The molecular formula is C23H38O3. The maximum Gasteiger partial charge on any atom is 0.174 e. The minimum atomic E-state index is -0.386. The Morgan fingerprint density at radius 3 is 2.35 bits per heavy atom. The van der Waals surface area contributed by atoms with Gasteiger partial charge in [-0.15, -0.1) is 0 Å². The normalized spacial score (nSPS) is 55.4. The second kappa shape index (κ2) is 5.70. The number of aliphatic hydroxyl groups is 1. The highest BCUT2D eigenvalue weighted by molar-refractivity contribution is 5.13. The van der Waals surface area contributed by atoms with Crippen LogP contribution in [-0.2, 0) is 9.47 Å². The summed E-state index contributed by atoms with van der Waals surface area (Å²) in [5.41, 5.74) is 0.272. The number of ether oxygens (including phenoxy) is 2. The van der Waals surface area contributed by atoms with Crippen molar-refractivity contribution < 1.29 is 14.6 Å². The lowest BCUT2D eigenvalue weighted by atomic mass is 9.44. The van der Waals surface area contributed by atoms with Gasteiger partial charge < -0.3 is 14.6 Å². The van der Waals surface area contributed by atoms with Crippen molar-refractivity contribution in [1.82, 2.24) is 0 Å². The highest BCUT2D eigenvalue weighted by Crippen LogP contribution is 2.70. The Labute approximate surface area is 159 Å². The third-order valence-electron chi connectivity index (χ3n) is 10.3. The van der Waals surface area contributed by atoms with Crippen molar-refractivity contribution in [1.29, 1.82) is 0 Å². The molecule has 0 radical (unpaired) electrons. The van der Waals surface area contributed by atoms with E-state index in [0.717, 1.165) is 62.6 Å². The van der Waals surface area contributed by atoms with Crippen LogP contribution >= 0.6 is 0 Å². The highest BCUT2D eigenvalue weighted by atomic mass is 16.7. The molecule has 0 aromatic carbocycles. The average molecular weight is 363 g/mol. The Morgan fingerprint density at radius 2 is 1.62 bits per heavy atom. The van der Waals surface area contributed by atoms with E-state index in [1.807, 2.05) is 0 Å². The van der Waals surface area contributed by atoms with Crippen LogP contribution in [0.25, 0.3) is 0 Å². The zero-order valence-electron chi connectivity index (χ0n) is 17.1. The molecule has 1 heterocycles. The van der Waals surface area contributed by atoms with E-state index >= 15 is 0 Å². The molecule has 0 bridgehead atoms. The van der Waals surface area contributed by atoms with E-state index in [0.29, 0.717) is 5.41 Å². The summed E-state index contributed by atoms with van der Waals surface area (Å²) in [5, 5.41) is 10.9. The van der Waals surface area contributed by atoms with Gasteiger partial charge in [-0.1, -0.05) is 20.8 Å². The van der Waals surface area contributed by atoms with Crippen LogP contribution < -0.4 is 0 Å². The van der Waals surface area contributed by atoms with Gasteiger partial charge in [0.2, 0.25) is 0 Å². The van der Waals surface area contributed by atoms with Crippen LogP contribution in [0.2, 0.25) is 0 Å². The van der Waals surface area contributed by atoms with Gasteiger partial charge >= 0.3 is 0 Å². The summed E-state index contributed by atoms with van der Waals surface area (Å²) in [6, 6.07) is 0. The lowest BCUT2D eigenvalue weighted by molar-refractivity contribution is -0.249. The molecule has 3 nitrogen and oxygen atoms in total. The summed E-state index contributed by atoms with van der Waals surface area (Å²) >= 11 is 0. The van der Waals surface area contributed by atoms with E-state index in [1.54, 1.807) is 0 Å². The number of fused-ring (bicyclic) bond motifs is 6. The molecule has 1 aliphatic heterocycles. The van der Waals surface area contributed by atoms with Crippen LogP contribution in [0, 0.1) is 34.5 Å². The lowest BCUT2D eigenvalue weighted by Gasteiger charge is -2.62. The van der Waals surface area contributed by atoms with Crippen molar-refractivity contribution in [2.75, 3.05) is 13.2 Å². The van der Waals surface area contributed by atoms with Gasteiger partial charge in [-0.25, -0.2) is 0 Å². The van der Waals surface area contributed by atoms with Crippen LogP contribution in [0.5, 0.6) is 0 Å². The first-order valence-electron chi connectivity index (χ1n) is 11.4. The van der Waals surface area contributed by atoms with Gasteiger partial charge in [0.05, 0.1) is 18.8 Å². The summed E-state index contributed by atoms with van der Waals surface area (Å²) in [6.45, 7) is 8.80. The van der Waals surface area contributed by atoms with E-state index in [1.165, 1.54) is 38.5 Å². The Hall–Kier alpha value is -0.120. The molecule has 1 saturated heterocycles. The average Bonchev–Trinajstić information content (AvgIpc) is 3.22. The molecule has 0 unspecified atom stereocenters. The zero-order valence-corrected chi connectivity index (χ0v) is 17.1.